The molecule has 7 heteroatoms. The van der Waals surface area contributed by atoms with Gasteiger partial charge in [-0.25, -0.2) is 4.98 Å². The zero-order valence-corrected chi connectivity index (χ0v) is 16.7. The van der Waals surface area contributed by atoms with E-state index in [2.05, 4.69) is 31.4 Å². The van der Waals surface area contributed by atoms with Crippen LogP contribution in [-0.2, 0) is 0 Å². The van der Waals surface area contributed by atoms with E-state index in [1.165, 1.54) is 11.3 Å². The van der Waals surface area contributed by atoms with Crippen molar-refractivity contribution in [2.75, 3.05) is 19.5 Å². The van der Waals surface area contributed by atoms with E-state index in [9.17, 15) is 4.79 Å². The molecule has 2 aromatic heterocycles. The van der Waals surface area contributed by atoms with Gasteiger partial charge in [0.15, 0.2) is 4.96 Å². The Balaban J connectivity index is 2.21. The third-order valence-electron chi connectivity index (χ3n) is 3.99. The molecule has 0 aliphatic carbocycles. The topological polar surface area (TPSA) is 67.7 Å². The minimum absolute atomic E-state index is 0.0919. The molecule has 1 aromatic carbocycles. The van der Waals surface area contributed by atoms with Gasteiger partial charge >= 0.3 is 0 Å². The van der Waals surface area contributed by atoms with Gasteiger partial charge in [0.25, 0.3) is 5.91 Å². The van der Waals surface area contributed by atoms with E-state index < -0.39 is 0 Å². The summed E-state index contributed by atoms with van der Waals surface area (Å²) in [5.41, 5.74) is 2.58. The molecule has 0 fully saturated rings. The van der Waals surface area contributed by atoms with Crippen LogP contribution in [0.15, 0.2) is 24.3 Å². The molecule has 0 radical (unpaired) electrons. The van der Waals surface area contributed by atoms with Crippen molar-refractivity contribution in [2.24, 2.45) is 0 Å². The second-order valence-electron chi connectivity index (χ2n) is 7.13. The second kappa shape index (κ2) is 6.64. The quantitative estimate of drug-likeness (QED) is 0.728. The molecule has 1 amide bonds. The SMILES string of the molecule is CNC(=O)c1sc2nc(-c3ccc(OC)cc3)c(NC(C)(C)C)n2c1C. The van der Waals surface area contributed by atoms with Crippen LogP contribution in [0, 0.1) is 6.92 Å². The van der Waals surface area contributed by atoms with Crippen molar-refractivity contribution < 1.29 is 9.53 Å². The van der Waals surface area contributed by atoms with E-state index in [1.54, 1.807) is 14.2 Å². The molecule has 0 aliphatic rings. The second-order valence-corrected chi connectivity index (χ2v) is 8.10. The van der Waals surface area contributed by atoms with Gasteiger partial charge in [-0.05, 0) is 52.0 Å². The molecule has 3 rings (SSSR count). The summed E-state index contributed by atoms with van der Waals surface area (Å²) in [7, 11) is 3.29. The van der Waals surface area contributed by atoms with Crippen molar-refractivity contribution in [1.29, 1.82) is 0 Å². The lowest BCUT2D eigenvalue weighted by molar-refractivity contribution is 0.0966. The molecule has 0 saturated carbocycles. The number of benzene rings is 1. The minimum atomic E-state index is -0.154. The summed E-state index contributed by atoms with van der Waals surface area (Å²) in [5.74, 6) is 1.60. The number of amides is 1. The standard InChI is InChI=1S/C19H24N4O2S/c1-11-15(17(24)20-5)26-18-21-14(12-7-9-13(25-6)10-8-12)16(23(11)18)22-19(2,3)4/h7-10,22H,1-6H3,(H,20,24). The summed E-state index contributed by atoms with van der Waals surface area (Å²) < 4.78 is 7.28. The first-order valence-corrected chi connectivity index (χ1v) is 9.23. The number of ether oxygens (including phenoxy) is 1. The maximum Gasteiger partial charge on any atom is 0.263 e. The van der Waals surface area contributed by atoms with Crippen LogP contribution in [0.2, 0.25) is 0 Å². The Morgan fingerprint density at radius 1 is 1.23 bits per heavy atom. The van der Waals surface area contributed by atoms with Crippen molar-refractivity contribution in [3.63, 3.8) is 0 Å². The van der Waals surface area contributed by atoms with Crippen LogP contribution in [0.3, 0.4) is 0 Å². The molecule has 0 atom stereocenters. The predicted octanol–water partition coefficient (Wildman–Crippen LogP) is 3.95. The lowest BCUT2D eigenvalue weighted by Gasteiger charge is -2.22. The highest BCUT2D eigenvalue weighted by Crippen LogP contribution is 2.36. The normalized spacial score (nSPS) is 11.6. The number of nitrogens with zero attached hydrogens (tertiary/aromatic N) is 2. The van der Waals surface area contributed by atoms with Gasteiger partial charge in [0.2, 0.25) is 0 Å². The van der Waals surface area contributed by atoms with Gasteiger partial charge in [0.05, 0.1) is 7.11 Å². The van der Waals surface area contributed by atoms with Crippen LogP contribution in [0.25, 0.3) is 16.2 Å². The number of aryl methyl sites for hydroxylation is 1. The number of hydrogen-bond acceptors (Lipinski definition) is 5. The number of thiazole rings is 1. The highest BCUT2D eigenvalue weighted by molar-refractivity contribution is 7.19. The van der Waals surface area contributed by atoms with Crippen LogP contribution in [0.5, 0.6) is 5.75 Å². The average Bonchev–Trinajstić information content (AvgIpc) is 3.10. The Hall–Kier alpha value is -2.54. The van der Waals surface area contributed by atoms with Gasteiger partial charge in [0, 0.05) is 23.8 Å². The average molecular weight is 372 g/mol. The van der Waals surface area contributed by atoms with E-state index in [0.29, 0.717) is 4.88 Å². The van der Waals surface area contributed by atoms with Crippen molar-refractivity contribution in [1.82, 2.24) is 14.7 Å². The molecule has 26 heavy (non-hydrogen) atoms. The summed E-state index contributed by atoms with van der Waals surface area (Å²) >= 11 is 1.40. The molecule has 0 aliphatic heterocycles. The largest absolute Gasteiger partial charge is 0.497 e. The van der Waals surface area contributed by atoms with Crippen LogP contribution in [0.1, 0.15) is 36.1 Å². The monoisotopic (exact) mass is 372 g/mol. The molecule has 0 spiro atoms. The van der Waals surface area contributed by atoms with Gasteiger partial charge in [-0.1, -0.05) is 11.3 Å². The van der Waals surface area contributed by atoms with Crippen LogP contribution in [-0.4, -0.2) is 35.0 Å². The number of carbonyl (C=O) groups excluding carboxylic acids is 1. The Morgan fingerprint density at radius 3 is 2.42 bits per heavy atom. The van der Waals surface area contributed by atoms with E-state index in [0.717, 1.165) is 33.5 Å². The van der Waals surface area contributed by atoms with Crippen molar-refractivity contribution >= 4 is 28.0 Å². The first-order valence-electron chi connectivity index (χ1n) is 8.41. The molecule has 2 N–H and O–H groups in total. The number of carbonyl (C=O) groups is 1. The molecule has 138 valence electrons. The first kappa shape index (κ1) is 18.3. The van der Waals surface area contributed by atoms with Gasteiger partial charge in [-0.2, -0.15) is 0 Å². The molecular weight excluding hydrogens is 348 g/mol. The van der Waals surface area contributed by atoms with Crippen molar-refractivity contribution in [3.05, 3.63) is 34.8 Å². The zero-order chi connectivity index (χ0) is 19.1. The number of anilines is 1. The predicted molar refractivity (Wildman–Crippen MR) is 107 cm³/mol. The fourth-order valence-electron chi connectivity index (χ4n) is 2.79. The van der Waals surface area contributed by atoms with E-state index in [4.69, 9.17) is 9.72 Å². The Morgan fingerprint density at radius 2 is 1.88 bits per heavy atom. The maximum atomic E-state index is 12.1. The lowest BCUT2D eigenvalue weighted by atomic mass is 10.1. The summed E-state index contributed by atoms with van der Waals surface area (Å²) in [6.07, 6.45) is 0. The Labute approximate surface area is 157 Å². The number of rotatable bonds is 4. The summed E-state index contributed by atoms with van der Waals surface area (Å²) in [6.45, 7) is 8.25. The highest BCUT2D eigenvalue weighted by atomic mass is 32.1. The first-order chi connectivity index (χ1) is 12.2. The lowest BCUT2D eigenvalue weighted by Crippen LogP contribution is -2.27. The zero-order valence-electron chi connectivity index (χ0n) is 15.9. The summed E-state index contributed by atoms with van der Waals surface area (Å²) in [5, 5.41) is 6.25. The van der Waals surface area contributed by atoms with Crippen molar-refractivity contribution in [3.8, 4) is 17.0 Å². The Kier molecular flexibility index (Phi) is 4.66. The third-order valence-corrected chi connectivity index (χ3v) is 5.14. The Bertz CT molecular complexity index is 949. The molecule has 6 nitrogen and oxygen atoms in total. The summed E-state index contributed by atoms with van der Waals surface area (Å²) in [4.78, 5) is 18.4. The number of nitrogens with one attached hydrogen (secondary N) is 2. The summed E-state index contributed by atoms with van der Waals surface area (Å²) in [6, 6.07) is 7.83. The van der Waals surface area contributed by atoms with Crippen molar-refractivity contribution in [2.45, 2.75) is 33.2 Å². The van der Waals surface area contributed by atoms with Gasteiger partial charge < -0.3 is 15.4 Å². The third kappa shape index (κ3) is 3.26. The fraction of sp³-hybridized carbons (Fsp3) is 0.368. The molecule has 0 saturated heterocycles. The fourth-order valence-corrected chi connectivity index (χ4v) is 3.86. The maximum absolute atomic E-state index is 12.1. The highest BCUT2D eigenvalue weighted by Gasteiger charge is 2.24. The molecule has 0 bridgehead atoms. The van der Waals surface area contributed by atoms with Crippen LogP contribution < -0.4 is 15.4 Å². The number of fused-ring (bicyclic) bond motifs is 1. The number of methoxy groups -OCH3 is 1. The molecule has 3 aromatic rings. The number of imidazole rings is 1. The minimum Gasteiger partial charge on any atom is -0.497 e. The van der Waals surface area contributed by atoms with E-state index in [1.807, 2.05) is 35.6 Å². The smallest absolute Gasteiger partial charge is 0.263 e. The van der Waals surface area contributed by atoms with Gasteiger partial charge in [-0.15, -0.1) is 0 Å². The molecular formula is C19H24N4O2S. The van der Waals surface area contributed by atoms with Crippen LogP contribution in [0.4, 0.5) is 5.82 Å². The van der Waals surface area contributed by atoms with Crippen LogP contribution >= 0.6 is 11.3 Å². The van der Waals surface area contributed by atoms with Gasteiger partial charge in [-0.3, -0.25) is 9.20 Å². The number of hydrogen-bond donors (Lipinski definition) is 2. The molecule has 0 unspecified atom stereocenters. The van der Waals surface area contributed by atoms with Gasteiger partial charge in [0.1, 0.15) is 22.1 Å². The number of aromatic nitrogens is 2. The van der Waals surface area contributed by atoms with E-state index >= 15 is 0 Å². The van der Waals surface area contributed by atoms with E-state index in [-0.39, 0.29) is 11.4 Å². The molecule has 2 heterocycles.